The first-order valence-electron chi connectivity index (χ1n) is 8.13. The first-order chi connectivity index (χ1) is 12.5. The summed E-state index contributed by atoms with van der Waals surface area (Å²) in [6.45, 7) is 3.93. The minimum Gasteiger partial charge on any atom is -0.356 e. The molecule has 134 valence electrons. The number of carbonyl (C=O) groups excluding carboxylic acids is 1. The highest BCUT2D eigenvalue weighted by Crippen LogP contribution is 2.24. The van der Waals surface area contributed by atoms with Gasteiger partial charge in [0.2, 0.25) is 5.91 Å². The van der Waals surface area contributed by atoms with Gasteiger partial charge in [0.25, 0.3) is 5.56 Å². The summed E-state index contributed by atoms with van der Waals surface area (Å²) in [5, 5.41) is 4.38. The second-order valence-corrected chi connectivity index (χ2v) is 7.31. The summed E-state index contributed by atoms with van der Waals surface area (Å²) in [5.74, 6) is 0.518. The fourth-order valence-corrected chi connectivity index (χ4v) is 3.66. The predicted molar refractivity (Wildman–Crippen MR) is 106 cm³/mol. The molecule has 0 bridgehead atoms. The highest BCUT2D eigenvalue weighted by molar-refractivity contribution is 7.99. The maximum absolute atomic E-state index is 13.2. The monoisotopic (exact) mass is 387 g/mol. The molecule has 0 unspecified atom stereocenters. The average molecular weight is 388 g/mol. The van der Waals surface area contributed by atoms with E-state index in [1.807, 2.05) is 31.2 Å². The molecule has 1 heterocycles. The molecule has 0 aliphatic rings. The summed E-state index contributed by atoms with van der Waals surface area (Å²) in [7, 11) is 0. The number of hydrogen-bond donors (Lipinski definition) is 1. The van der Waals surface area contributed by atoms with Crippen LogP contribution in [0.25, 0.3) is 16.6 Å². The van der Waals surface area contributed by atoms with Crippen LogP contribution in [0.1, 0.15) is 12.5 Å². The third kappa shape index (κ3) is 3.92. The van der Waals surface area contributed by atoms with Crippen LogP contribution in [-0.2, 0) is 4.79 Å². The number of aromatic nitrogens is 2. The minimum absolute atomic E-state index is 0.0832. The van der Waals surface area contributed by atoms with Crippen molar-refractivity contribution in [2.45, 2.75) is 19.0 Å². The molecule has 1 aromatic heterocycles. The van der Waals surface area contributed by atoms with E-state index in [2.05, 4.69) is 10.3 Å². The Bertz CT molecular complexity index is 1030. The summed E-state index contributed by atoms with van der Waals surface area (Å²) >= 11 is 7.49. The molecule has 1 amide bonds. The Kier molecular flexibility index (Phi) is 5.64. The van der Waals surface area contributed by atoms with E-state index < -0.39 is 0 Å². The topological polar surface area (TPSA) is 64.0 Å². The molecule has 0 saturated heterocycles. The highest BCUT2D eigenvalue weighted by atomic mass is 35.5. The van der Waals surface area contributed by atoms with Crippen LogP contribution in [0.15, 0.2) is 52.4 Å². The van der Waals surface area contributed by atoms with E-state index in [0.717, 1.165) is 11.3 Å². The lowest BCUT2D eigenvalue weighted by Crippen LogP contribution is -2.24. The lowest BCUT2D eigenvalue weighted by molar-refractivity contribution is -0.118. The number of thioether (sulfide) groups is 1. The van der Waals surface area contributed by atoms with Gasteiger partial charge in [-0.2, -0.15) is 0 Å². The Balaban J connectivity index is 2.13. The fraction of sp³-hybridized carbons (Fsp3) is 0.211. The third-order valence-corrected chi connectivity index (χ3v) is 5.04. The molecule has 0 radical (unpaired) electrons. The smallest absolute Gasteiger partial charge is 0.266 e. The van der Waals surface area contributed by atoms with Gasteiger partial charge in [-0.05, 0) is 36.8 Å². The largest absolute Gasteiger partial charge is 0.356 e. The van der Waals surface area contributed by atoms with Crippen molar-refractivity contribution in [2.24, 2.45) is 0 Å². The van der Waals surface area contributed by atoms with Crippen molar-refractivity contribution in [1.29, 1.82) is 0 Å². The molecule has 2 aromatic carbocycles. The van der Waals surface area contributed by atoms with Crippen molar-refractivity contribution in [2.75, 3.05) is 12.3 Å². The van der Waals surface area contributed by atoms with Crippen molar-refractivity contribution in [3.8, 4) is 5.69 Å². The van der Waals surface area contributed by atoms with E-state index in [1.165, 1.54) is 18.7 Å². The summed E-state index contributed by atoms with van der Waals surface area (Å²) in [4.78, 5) is 28.9. The van der Waals surface area contributed by atoms with Gasteiger partial charge in [-0.15, -0.1) is 0 Å². The Labute approximate surface area is 160 Å². The molecule has 0 spiro atoms. The number of aryl methyl sites for hydroxylation is 1. The molecule has 7 heteroatoms. The van der Waals surface area contributed by atoms with E-state index in [0.29, 0.717) is 33.4 Å². The quantitative estimate of drug-likeness (QED) is 0.413. The van der Waals surface area contributed by atoms with Crippen LogP contribution in [-0.4, -0.2) is 27.8 Å². The Hall–Kier alpha value is -2.31. The SMILES string of the molecule is CC(=O)NCCSc1nc2cc(Cl)ccc2c(=O)n1-c1ccccc1C. The lowest BCUT2D eigenvalue weighted by Gasteiger charge is -2.15. The van der Waals surface area contributed by atoms with Crippen LogP contribution >= 0.6 is 23.4 Å². The number of para-hydroxylation sites is 1. The molecule has 5 nitrogen and oxygen atoms in total. The fourth-order valence-electron chi connectivity index (χ4n) is 2.63. The number of fused-ring (bicyclic) bond motifs is 1. The van der Waals surface area contributed by atoms with E-state index in [-0.39, 0.29) is 11.5 Å². The molecule has 0 aliphatic heterocycles. The highest BCUT2D eigenvalue weighted by Gasteiger charge is 2.15. The number of benzene rings is 2. The Morgan fingerprint density at radius 2 is 2.04 bits per heavy atom. The van der Waals surface area contributed by atoms with Crippen LogP contribution in [0, 0.1) is 6.92 Å². The number of nitrogens with one attached hydrogen (secondary N) is 1. The van der Waals surface area contributed by atoms with Crippen LogP contribution in [0.3, 0.4) is 0 Å². The van der Waals surface area contributed by atoms with Crippen LogP contribution < -0.4 is 10.9 Å². The standard InChI is InChI=1S/C19H18ClN3O2S/c1-12-5-3-4-6-17(12)23-18(25)15-8-7-14(20)11-16(15)22-19(23)26-10-9-21-13(2)24/h3-8,11H,9-10H2,1-2H3,(H,21,24). The number of nitrogens with zero attached hydrogens (tertiary/aromatic N) is 2. The number of amides is 1. The summed E-state index contributed by atoms with van der Waals surface area (Å²) in [6, 6.07) is 12.8. The second-order valence-electron chi connectivity index (χ2n) is 5.81. The van der Waals surface area contributed by atoms with E-state index in [1.54, 1.807) is 22.8 Å². The van der Waals surface area contributed by atoms with Gasteiger partial charge >= 0.3 is 0 Å². The number of carbonyl (C=O) groups is 1. The summed E-state index contributed by atoms with van der Waals surface area (Å²) in [6.07, 6.45) is 0. The summed E-state index contributed by atoms with van der Waals surface area (Å²) < 4.78 is 1.63. The van der Waals surface area contributed by atoms with Crippen molar-refractivity contribution in [3.63, 3.8) is 0 Å². The number of rotatable bonds is 5. The van der Waals surface area contributed by atoms with Gasteiger partial charge in [-0.1, -0.05) is 41.6 Å². The first-order valence-corrected chi connectivity index (χ1v) is 9.49. The molecule has 1 N–H and O–H groups in total. The molecule has 26 heavy (non-hydrogen) atoms. The molecule has 0 aliphatic carbocycles. The van der Waals surface area contributed by atoms with Crippen LogP contribution in [0.2, 0.25) is 5.02 Å². The van der Waals surface area contributed by atoms with Crippen molar-refractivity contribution < 1.29 is 4.79 Å². The van der Waals surface area contributed by atoms with Gasteiger partial charge in [0.05, 0.1) is 16.6 Å². The van der Waals surface area contributed by atoms with Crippen molar-refractivity contribution in [1.82, 2.24) is 14.9 Å². The normalized spacial score (nSPS) is 10.9. The van der Waals surface area contributed by atoms with Gasteiger partial charge in [0.1, 0.15) is 0 Å². The molecule has 0 atom stereocenters. The van der Waals surface area contributed by atoms with Gasteiger partial charge in [0.15, 0.2) is 5.16 Å². The number of hydrogen-bond acceptors (Lipinski definition) is 4. The lowest BCUT2D eigenvalue weighted by atomic mass is 10.2. The molecule has 3 aromatic rings. The average Bonchev–Trinajstić information content (AvgIpc) is 2.59. The van der Waals surface area contributed by atoms with Gasteiger partial charge in [0, 0.05) is 24.2 Å². The van der Waals surface area contributed by atoms with E-state index in [9.17, 15) is 9.59 Å². The van der Waals surface area contributed by atoms with Crippen molar-refractivity contribution in [3.05, 3.63) is 63.4 Å². The van der Waals surface area contributed by atoms with Crippen LogP contribution in [0.4, 0.5) is 0 Å². The van der Waals surface area contributed by atoms with E-state index in [4.69, 9.17) is 11.6 Å². The zero-order chi connectivity index (χ0) is 18.7. The van der Waals surface area contributed by atoms with E-state index >= 15 is 0 Å². The van der Waals surface area contributed by atoms with Crippen LogP contribution in [0.5, 0.6) is 0 Å². The molecular weight excluding hydrogens is 370 g/mol. The molecule has 3 rings (SSSR count). The second kappa shape index (κ2) is 7.93. The molecule has 0 fully saturated rings. The summed E-state index contributed by atoms with van der Waals surface area (Å²) in [5.41, 5.74) is 2.20. The van der Waals surface area contributed by atoms with Gasteiger partial charge in [-0.3, -0.25) is 14.2 Å². The maximum atomic E-state index is 13.2. The van der Waals surface area contributed by atoms with Gasteiger partial charge in [-0.25, -0.2) is 4.98 Å². The first kappa shape index (κ1) is 18.5. The Morgan fingerprint density at radius 3 is 2.77 bits per heavy atom. The predicted octanol–water partition coefficient (Wildman–Crippen LogP) is 3.58. The third-order valence-electron chi connectivity index (χ3n) is 3.86. The van der Waals surface area contributed by atoms with Gasteiger partial charge < -0.3 is 5.32 Å². The minimum atomic E-state index is -0.136. The maximum Gasteiger partial charge on any atom is 0.266 e. The van der Waals surface area contributed by atoms with Crippen molar-refractivity contribution >= 4 is 40.2 Å². The molecular formula is C19H18ClN3O2S. The zero-order valence-electron chi connectivity index (χ0n) is 14.5. The number of halogens is 1. The molecule has 0 saturated carbocycles. The Morgan fingerprint density at radius 1 is 1.27 bits per heavy atom. The zero-order valence-corrected chi connectivity index (χ0v) is 16.0.